The Hall–Kier alpha value is 0.270. The molecule has 0 unspecified atom stereocenters. The zero-order valence-corrected chi connectivity index (χ0v) is 8.55. The summed E-state index contributed by atoms with van der Waals surface area (Å²) in [6, 6.07) is 0. The van der Waals surface area contributed by atoms with Crippen LogP contribution in [0.4, 0.5) is 4.79 Å². The van der Waals surface area contributed by atoms with Crippen LogP contribution in [-0.4, -0.2) is 12.8 Å². The van der Waals surface area contributed by atoms with Crippen molar-refractivity contribution in [2.24, 2.45) is 0 Å². The molecule has 10 heavy (non-hydrogen) atoms. The number of hydrogen-bond donors (Lipinski definition) is 0. The summed E-state index contributed by atoms with van der Waals surface area (Å²) in [5.74, 6) is 0. The fourth-order valence-electron chi connectivity index (χ4n) is 0.508. The van der Waals surface area contributed by atoms with E-state index in [1.54, 1.807) is 0 Å². The Bertz CT molecular complexity index is 85.1. The normalized spacial score (nSPS) is 8.10. The zero-order chi connectivity index (χ0) is 7.11. The van der Waals surface area contributed by atoms with Crippen LogP contribution in [0.5, 0.6) is 0 Å². The van der Waals surface area contributed by atoms with Crippen LogP contribution in [0.1, 0.15) is 26.2 Å². The molecule has 0 spiro atoms. The Morgan fingerprint density at radius 2 is 2.10 bits per heavy atom. The van der Waals surface area contributed by atoms with Gasteiger partial charge in [0.25, 0.3) is 6.16 Å². The van der Waals surface area contributed by atoms with Crippen molar-refractivity contribution in [3.05, 3.63) is 0 Å². The number of hydrogen-bond acceptors (Lipinski definition) is 3. The summed E-state index contributed by atoms with van der Waals surface area (Å²) in [6.45, 7) is 2.31. The van der Waals surface area contributed by atoms with E-state index < -0.39 is 6.16 Å². The molecule has 0 aliphatic carbocycles. The van der Waals surface area contributed by atoms with Gasteiger partial charge in [-0.05, 0) is 6.42 Å². The van der Waals surface area contributed by atoms with E-state index in [-0.39, 0.29) is 36.2 Å². The van der Waals surface area contributed by atoms with Gasteiger partial charge in [-0.1, -0.05) is 19.8 Å². The average molecular weight is 154 g/mol. The molecule has 0 bridgehead atoms. The summed E-state index contributed by atoms with van der Waals surface area (Å²) in [5.41, 5.74) is 0. The molecule has 0 aliphatic heterocycles. The van der Waals surface area contributed by atoms with E-state index in [2.05, 4.69) is 4.74 Å². The molecule has 0 saturated heterocycles. The van der Waals surface area contributed by atoms with Gasteiger partial charge < -0.3 is 14.6 Å². The van der Waals surface area contributed by atoms with E-state index in [4.69, 9.17) is 0 Å². The molecule has 0 aromatic carbocycles. The fourth-order valence-corrected chi connectivity index (χ4v) is 0.508. The average Bonchev–Trinajstić information content (AvgIpc) is 1.80. The molecule has 0 atom stereocenters. The summed E-state index contributed by atoms with van der Waals surface area (Å²) >= 11 is 0. The zero-order valence-electron chi connectivity index (χ0n) is 6.55. The first-order valence-electron chi connectivity index (χ1n) is 3.11. The first-order valence-corrected chi connectivity index (χ1v) is 3.11. The minimum Gasteiger partial charge on any atom is -0.550 e. The Morgan fingerprint density at radius 3 is 2.50 bits per heavy atom. The number of carboxylic acid groups (broad SMARTS) is 1. The van der Waals surface area contributed by atoms with Crippen molar-refractivity contribution in [2.75, 3.05) is 6.61 Å². The van der Waals surface area contributed by atoms with E-state index in [0.717, 1.165) is 19.3 Å². The Kier molecular flexibility index (Phi) is 12.0. The third-order valence-electron chi connectivity index (χ3n) is 0.968. The van der Waals surface area contributed by atoms with Crippen LogP contribution >= 0.6 is 0 Å². The van der Waals surface area contributed by atoms with Crippen molar-refractivity contribution in [3.63, 3.8) is 0 Å². The first-order chi connectivity index (χ1) is 4.27. The van der Waals surface area contributed by atoms with Gasteiger partial charge in [0.05, 0.1) is 0 Å². The van der Waals surface area contributed by atoms with Gasteiger partial charge in [0.15, 0.2) is 0 Å². The Morgan fingerprint density at radius 1 is 1.50 bits per heavy atom. The third-order valence-corrected chi connectivity index (χ3v) is 0.968. The van der Waals surface area contributed by atoms with E-state index in [0.29, 0.717) is 0 Å². The number of ether oxygens (including phenoxy) is 1. The molecule has 0 fully saturated rings. The molecular weight excluding hydrogens is 143 g/mol. The van der Waals surface area contributed by atoms with Crippen molar-refractivity contribution in [2.45, 2.75) is 26.2 Å². The third kappa shape index (κ3) is 11.1. The second-order valence-corrected chi connectivity index (χ2v) is 1.81. The van der Waals surface area contributed by atoms with Gasteiger partial charge in [-0.3, -0.25) is 0 Å². The minimum atomic E-state index is -1.42. The summed E-state index contributed by atoms with van der Waals surface area (Å²) in [5, 5.41) is 9.63. The maximum absolute atomic E-state index is 9.63. The number of rotatable bonds is 4. The monoisotopic (exact) mass is 154 g/mol. The molecule has 0 radical (unpaired) electrons. The summed E-state index contributed by atoms with van der Waals surface area (Å²) in [6.07, 6.45) is 1.44. The molecule has 0 rings (SSSR count). The van der Waals surface area contributed by atoms with Crippen LogP contribution in [0.2, 0.25) is 0 Å². The van der Waals surface area contributed by atoms with Crippen molar-refractivity contribution in [1.82, 2.24) is 0 Å². The van der Waals surface area contributed by atoms with Crippen LogP contribution in [-0.2, 0) is 4.74 Å². The first kappa shape index (κ1) is 12.9. The molecule has 4 heteroatoms. The van der Waals surface area contributed by atoms with E-state index in [1.165, 1.54) is 0 Å². The molecule has 0 aromatic heterocycles. The molecule has 3 nitrogen and oxygen atoms in total. The van der Waals surface area contributed by atoms with Gasteiger partial charge in [-0.2, -0.15) is 0 Å². The second kappa shape index (κ2) is 9.27. The molecule has 0 heterocycles. The van der Waals surface area contributed by atoms with Crippen molar-refractivity contribution >= 4 is 6.16 Å². The largest absolute Gasteiger partial charge is 1.00 e. The Labute approximate surface area is 83.0 Å². The van der Waals surface area contributed by atoms with Gasteiger partial charge in [0.1, 0.15) is 0 Å². The second-order valence-electron chi connectivity index (χ2n) is 1.81. The van der Waals surface area contributed by atoms with Crippen molar-refractivity contribution in [3.8, 4) is 0 Å². The van der Waals surface area contributed by atoms with E-state index in [1.807, 2.05) is 6.92 Å². The van der Waals surface area contributed by atoms with Crippen molar-refractivity contribution < 1.29 is 44.2 Å². The molecule has 0 amide bonds. The smallest absolute Gasteiger partial charge is 0.550 e. The maximum Gasteiger partial charge on any atom is 1.00 e. The van der Waals surface area contributed by atoms with Gasteiger partial charge >= 0.3 is 29.6 Å². The minimum absolute atomic E-state index is 0. The van der Waals surface area contributed by atoms with Crippen LogP contribution in [0, 0.1) is 0 Å². The summed E-state index contributed by atoms with van der Waals surface area (Å²) in [7, 11) is 0. The van der Waals surface area contributed by atoms with Gasteiger partial charge in [-0.15, -0.1) is 0 Å². The van der Waals surface area contributed by atoms with Crippen LogP contribution in [0.25, 0.3) is 0 Å². The Balaban J connectivity index is 0. The van der Waals surface area contributed by atoms with Crippen LogP contribution in [0.15, 0.2) is 0 Å². The quantitative estimate of drug-likeness (QED) is 0.256. The fraction of sp³-hybridized carbons (Fsp3) is 0.833. The molecule has 0 saturated carbocycles. The standard InChI is InChI=1S/C6H12O3.Na/c1-2-3-4-5-9-6(7)8;/h2-5H2,1H3,(H,7,8);/q;+1/p-1. The van der Waals surface area contributed by atoms with Crippen molar-refractivity contribution in [1.29, 1.82) is 0 Å². The van der Waals surface area contributed by atoms with E-state index >= 15 is 0 Å². The van der Waals surface area contributed by atoms with Crippen LogP contribution in [0.3, 0.4) is 0 Å². The van der Waals surface area contributed by atoms with Gasteiger partial charge in [0, 0.05) is 6.61 Å². The number of carbonyl (C=O) groups excluding carboxylic acids is 1. The predicted octanol–water partition coefficient (Wildman–Crippen LogP) is -2.46. The molecule has 54 valence electrons. The summed E-state index contributed by atoms with van der Waals surface area (Å²) in [4.78, 5) is 9.63. The maximum atomic E-state index is 9.63. The molecule has 0 N–H and O–H groups in total. The van der Waals surface area contributed by atoms with E-state index in [9.17, 15) is 9.90 Å². The number of unbranched alkanes of at least 4 members (excludes halogenated alkanes) is 2. The predicted molar refractivity (Wildman–Crippen MR) is 30.9 cm³/mol. The topological polar surface area (TPSA) is 49.4 Å². The SMILES string of the molecule is CCCCCOC(=O)[O-].[Na+]. The molecule has 0 aliphatic rings. The van der Waals surface area contributed by atoms with Crippen LogP contribution < -0.4 is 34.7 Å². The van der Waals surface area contributed by atoms with Gasteiger partial charge in [-0.25, -0.2) is 0 Å². The number of carbonyl (C=O) groups is 1. The van der Waals surface area contributed by atoms with Gasteiger partial charge in [0.2, 0.25) is 0 Å². The molecule has 0 aromatic rings. The summed E-state index contributed by atoms with van der Waals surface area (Å²) < 4.78 is 4.15. The molecular formula is C6H11NaO3.